The average Bonchev–Trinajstić information content (AvgIpc) is 3.02. The summed E-state index contributed by atoms with van der Waals surface area (Å²) in [7, 11) is 0. The molecule has 0 bridgehead atoms. The lowest BCUT2D eigenvalue weighted by atomic mass is 9.93. The molecule has 2 aliphatic heterocycles. The van der Waals surface area contributed by atoms with Crippen molar-refractivity contribution in [2.24, 2.45) is 5.92 Å². The van der Waals surface area contributed by atoms with E-state index in [1.165, 1.54) is 0 Å². The Morgan fingerprint density at radius 3 is 2.79 bits per heavy atom. The van der Waals surface area contributed by atoms with Crippen molar-refractivity contribution >= 4 is 29.2 Å². The summed E-state index contributed by atoms with van der Waals surface area (Å²) in [4.78, 5) is 11.2. The lowest BCUT2D eigenvalue weighted by molar-refractivity contribution is -0.173. The third-order valence-corrected chi connectivity index (χ3v) is 5.42. The first-order chi connectivity index (χ1) is 11.5. The number of nitrogens with one attached hydrogen (secondary N) is 2. The van der Waals surface area contributed by atoms with E-state index in [0.29, 0.717) is 35.7 Å². The predicted molar refractivity (Wildman–Crippen MR) is 93.6 cm³/mol. The molecule has 7 heteroatoms. The van der Waals surface area contributed by atoms with Crippen LogP contribution in [0.2, 0.25) is 10.0 Å². The van der Waals surface area contributed by atoms with Crippen molar-refractivity contribution in [2.45, 2.75) is 38.0 Å². The molecule has 4 unspecified atom stereocenters. The molecule has 2 aliphatic rings. The van der Waals surface area contributed by atoms with Crippen LogP contribution in [0.25, 0.3) is 0 Å². The van der Waals surface area contributed by atoms with E-state index in [-0.39, 0.29) is 24.3 Å². The Bertz CT molecular complexity index is 591. The lowest BCUT2D eigenvalue weighted by Crippen LogP contribution is -2.37. The van der Waals surface area contributed by atoms with Gasteiger partial charge in [0.2, 0.25) is 0 Å². The second-order valence-corrected chi connectivity index (χ2v) is 7.30. The summed E-state index contributed by atoms with van der Waals surface area (Å²) in [6.07, 6.45) is 1.64. The Balaban J connectivity index is 1.43. The van der Waals surface area contributed by atoms with Crippen molar-refractivity contribution in [1.82, 2.24) is 10.6 Å². The highest BCUT2D eigenvalue weighted by molar-refractivity contribution is 6.42. The van der Waals surface area contributed by atoms with Crippen LogP contribution < -0.4 is 10.6 Å². The van der Waals surface area contributed by atoms with Crippen molar-refractivity contribution in [3.8, 4) is 0 Å². The number of rotatable bonds is 5. The summed E-state index contributed by atoms with van der Waals surface area (Å²) in [5.74, 6) is 0.552. The number of halogens is 2. The molecular formula is C17H22Cl2N2O3. The van der Waals surface area contributed by atoms with Gasteiger partial charge < -0.3 is 20.1 Å². The van der Waals surface area contributed by atoms with Gasteiger partial charge in [0.15, 0.2) is 6.29 Å². The Kier molecular flexibility index (Phi) is 5.87. The first-order valence-electron chi connectivity index (χ1n) is 8.25. The summed E-state index contributed by atoms with van der Waals surface area (Å²) >= 11 is 12.0. The number of carbonyl (C=O) groups is 1. The first-order valence-corrected chi connectivity index (χ1v) is 9.01. The van der Waals surface area contributed by atoms with Gasteiger partial charge in [-0.2, -0.15) is 0 Å². The highest BCUT2D eigenvalue weighted by Crippen LogP contribution is 2.32. The van der Waals surface area contributed by atoms with Crippen LogP contribution in [0.4, 0.5) is 4.79 Å². The zero-order valence-electron chi connectivity index (χ0n) is 13.6. The first kappa shape index (κ1) is 17.8. The van der Waals surface area contributed by atoms with Gasteiger partial charge in [0.05, 0.1) is 29.3 Å². The van der Waals surface area contributed by atoms with Gasteiger partial charge in [-0.15, -0.1) is 0 Å². The molecule has 2 saturated heterocycles. The molecule has 0 radical (unpaired) electrons. The third kappa shape index (κ3) is 4.33. The SMILES string of the molecule is CC(COC1CCC(c2ccc(Cl)c(Cl)c2)CO1)C1CNC(=O)N1. The Labute approximate surface area is 152 Å². The normalized spacial score (nSPS) is 28.3. The molecule has 2 amide bonds. The van der Waals surface area contributed by atoms with Gasteiger partial charge in [0.25, 0.3) is 0 Å². The van der Waals surface area contributed by atoms with Crippen LogP contribution in [0.3, 0.4) is 0 Å². The number of hydrogen-bond donors (Lipinski definition) is 2. The molecule has 0 spiro atoms. The molecule has 3 rings (SSSR count). The van der Waals surface area contributed by atoms with E-state index < -0.39 is 0 Å². The van der Waals surface area contributed by atoms with E-state index in [1.54, 1.807) is 0 Å². The zero-order chi connectivity index (χ0) is 17.1. The smallest absolute Gasteiger partial charge is 0.315 e. The van der Waals surface area contributed by atoms with Gasteiger partial charge in [-0.25, -0.2) is 4.79 Å². The van der Waals surface area contributed by atoms with Crippen molar-refractivity contribution in [1.29, 1.82) is 0 Å². The van der Waals surface area contributed by atoms with E-state index in [0.717, 1.165) is 18.4 Å². The molecule has 1 aromatic rings. The fraction of sp³-hybridized carbons (Fsp3) is 0.588. The molecule has 5 nitrogen and oxygen atoms in total. The molecule has 24 heavy (non-hydrogen) atoms. The van der Waals surface area contributed by atoms with E-state index in [9.17, 15) is 4.79 Å². The minimum atomic E-state index is -0.184. The standard InChI is InChI=1S/C17H22Cl2N2O3/c1-10(15-7-20-17(22)21-15)8-23-16-5-3-12(9-24-16)11-2-4-13(18)14(19)6-11/h2,4,6,10,12,15-16H,3,5,7-9H2,1H3,(H2,20,21,22). The number of amides is 2. The van der Waals surface area contributed by atoms with Gasteiger partial charge >= 0.3 is 6.03 Å². The maximum atomic E-state index is 11.2. The Hall–Kier alpha value is -1.01. The number of carbonyl (C=O) groups excluding carboxylic acids is 1. The molecule has 0 aromatic heterocycles. The largest absolute Gasteiger partial charge is 0.352 e. The van der Waals surface area contributed by atoms with Gasteiger partial charge in [0, 0.05) is 18.4 Å². The predicted octanol–water partition coefficient (Wildman–Crippen LogP) is 3.55. The van der Waals surface area contributed by atoms with Crippen LogP contribution >= 0.6 is 23.2 Å². The van der Waals surface area contributed by atoms with Crippen LogP contribution in [0, 0.1) is 5.92 Å². The quantitative estimate of drug-likeness (QED) is 0.830. The number of hydrogen-bond acceptors (Lipinski definition) is 3. The van der Waals surface area contributed by atoms with Crippen molar-refractivity contribution in [3.05, 3.63) is 33.8 Å². The second-order valence-electron chi connectivity index (χ2n) is 6.48. The summed E-state index contributed by atoms with van der Waals surface area (Å²) in [6.45, 7) is 3.89. The van der Waals surface area contributed by atoms with Gasteiger partial charge in [-0.3, -0.25) is 0 Å². The maximum Gasteiger partial charge on any atom is 0.315 e. The fourth-order valence-corrected chi connectivity index (χ4v) is 3.39. The van der Waals surface area contributed by atoms with E-state index >= 15 is 0 Å². The topological polar surface area (TPSA) is 59.6 Å². The summed E-state index contributed by atoms with van der Waals surface area (Å²) in [5.41, 5.74) is 1.15. The minimum Gasteiger partial charge on any atom is -0.352 e. The number of ether oxygens (including phenoxy) is 2. The zero-order valence-corrected chi connectivity index (χ0v) is 15.1. The monoisotopic (exact) mass is 372 g/mol. The van der Waals surface area contributed by atoms with Gasteiger partial charge in [-0.1, -0.05) is 36.2 Å². The van der Waals surface area contributed by atoms with Gasteiger partial charge in [0.1, 0.15) is 0 Å². The van der Waals surface area contributed by atoms with Crippen molar-refractivity contribution < 1.29 is 14.3 Å². The van der Waals surface area contributed by atoms with E-state index in [1.807, 2.05) is 18.2 Å². The summed E-state index contributed by atoms with van der Waals surface area (Å²) < 4.78 is 11.7. The van der Waals surface area contributed by atoms with Crippen LogP contribution in [0.15, 0.2) is 18.2 Å². The fourth-order valence-electron chi connectivity index (χ4n) is 3.08. The lowest BCUT2D eigenvalue weighted by Gasteiger charge is -2.30. The van der Waals surface area contributed by atoms with Crippen LogP contribution in [0.5, 0.6) is 0 Å². The molecular weight excluding hydrogens is 351 g/mol. The van der Waals surface area contributed by atoms with Crippen molar-refractivity contribution in [3.63, 3.8) is 0 Å². The molecule has 1 aromatic carbocycles. The molecule has 132 valence electrons. The van der Waals surface area contributed by atoms with E-state index in [4.69, 9.17) is 32.7 Å². The third-order valence-electron chi connectivity index (χ3n) is 4.68. The van der Waals surface area contributed by atoms with Gasteiger partial charge in [-0.05, 0) is 30.5 Å². The molecule has 2 N–H and O–H groups in total. The Morgan fingerprint density at radius 1 is 1.33 bits per heavy atom. The Morgan fingerprint density at radius 2 is 2.17 bits per heavy atom. The molecule has 4 atom stereocenters. The van der Waals surface area contributed by atoms with Crippen LogP contribution in [-0.2, 0) is 9.47 Å². The molecule has 0 aliphatic carbocycles. The summed E-state index contributed by atoms with van der Waals surface area (Å²) in [6, 6.07) is 5.75. The maximum absolute atomic E-state index is 11.2. The number of urea groups is 1. The van der Waals surface area contributed by atoms with Crippen LogP contribution in [0.1, 0.15) is 31.2 Å². The second kappa shape index (κ2) is 7.91. The minimum absolute atomic E-state index is 0.106. The highest BCUT2D eigenvalue weighted by Gasteiger charge is 2.28. The molecule has 0 saturated carbocycles. The van der Waals surface area contributed by atoms with Crippen molar-refractivity contribution in [2.75, 3.05) is 19.8 Å². The van der Waals surface area contributed by atoms with E-state index in [2.05, 4.69) is 17.6 Å². The average molecular weight is 373 g/mol. The number of benzene rings is 1. The summed E-state index contributed by atoms with van der Waals surface area (Å²) in [5, 5.41) is 6.80. The highest BCUT2D eigenvalue weighted by atomic mass is 35.5. The molecule has 2 heterocycles. The molecule has 2 fully saturated rings. The van der Waals surface area contributed by atoms with Crippen LogP contribution in [-0.4, -0.2) is 38.1 Å².